The number of carbonyl (C=O) groups is 2. The van der Waals surface area contributed by atoms with Crippen molar-refractivity contribution < 1.29 is 18.7 Å². The Hall–Kier alpha value is -3.10. The smallest absolute Gasteiger partial charge is 0.409 e. The van der Waals surface area contributed by atoms with Crippen LogP contribution >= 0.6 is 0 Å². The minimum absolute atomic E-state index is 0.0700. The highest BCUT2D eigenvalue weighted by molar-refractivity contribution is 5.80. The van der Waals surface area contributed by atoms with E-state index in [-0.39, 0.29) is 17.9 Å². The van der Waals surface area contributed by atoms with E-state index in [1.807, 2.05) is 29.2 Å². The maximum Gasteiger partial charge on any atom is 0.409 e. The molecule has 0 aliphatic carbocycles. The maximum atomic E-state index is 13.1. The first kappa shape index (κ1) is 20.2. The summed E-state index contributed by atoms with van der Waals surface area (Å²) >= 11 is 0. The molecular weight excluding hydrogens is 386 g/mol. The number of piperidine rings is 1. The number of furan rings is 1. The summed E-state index contributed by atoms with van der Waals surface area (Å²) in [7, 11) is 0. The second-order valence-electron chi connectivity index (χ2n) is 7.55. The molecule has 1 atom stereocenters. The van der Waals surface area contributed by atoms with Crippen LogP contribution in [0.5, 0.6) is 0 Å². The third kappa shape index (κ3) is 4.39. The standard InChI is InChI=1S/C21H27N5O4/c1-2-29-21(28)25-12-10-24(11-13-25)20(27)16-5-3-9-26(15-16)19-8-7-17(22-23-19)18-6-4-14-30-18/h4,6-8,14,16H,2-3,5,9-13,15H2,1H3/t16-/m1/s1. The average molecular weight is 413 g/mol. The highest BCUT2D eigenvalue weighted by Crippen LogP contribution is 2.25. The minimum atomic E-state index is -0.301. The Labute approximate surface area is 175 Å². The molecule has 4 rings (SSSR count). The van der Waals surface area contributed by atoms with Gasteiger partial charge in [0.2, 0.25) is 5.91 Å². The van der Waals surface area contributed by atoms with Gasteiger partial charge in [-0.2, -0.15) is 0 Å². The zero-order valence-electron chi connectivity index (χ0n) is 17.2. The number of amides is 2. The van der Waals surface area contributed by atoms with E-state index >= 15 is 0 Å². The van der Waals surface area contributed by atoms with Gasteiger partial charge in [-0.3, -0.25) is 4.79 Å². The lowest BCUT2D eigenvalue weighted by Gasteiger charge is -2.38. The van der Waals surface area contributed by atoms with Gasteiger partial charge in [-0.1, -0.05) is 0 Å². The van der Waals surface area contributed by atoms with E-state index < -0.39 is 0 Å². The molecule has 2 aliphatic heterocycles. The van der Waals surface area contributed by atoms with E-state index in [9.17, 15) is 9.59 Å². The van der Waals surface area contributed by atoms with E-state index in [2.05, 4.69) is 15.1 Å². The van der Waals surface area contributed by atoms with Gasteiger partial charge >= 0.3 is 6.09 Å². The lowest BCUT2D eigenvalue weighted by Crippen LogP contribution is -2.53. The number of rotatable bonds is 4. The molecule has 2 amide bonds. The number of piperazine rings is 1. The molecule has 2 saturated heterocycles. The monoisotopic (exact) mass is 413 g/mol. The van der Waals surface area contributed by atoms with E-state index in [0.29, 0.717) is 50.8 Å². The Morgan fingerprint density at radius 2 is 1.90 bits per heavy atom. The van der Waals surface area contributed by atoms with Gasteiger partial charge in [0, 0.05) is 39.3 Å². The number of nitrogens with zero attached hydrogens (tertiary/aromatic N) is 5. The van der Waals surface area contributed by atoms with Crippen LogP contribution in [0.2, 0.25) is 0 Å². The maximum absolute atomic E-state index is 13.1. The molecule has 160 valence electrons. The predicted octanol–water partition coefficient (Wildman–Crippen LogP) is 2.25. The molecule has 0 N–H and O–H groups in total. The van der Waals surface area contributed by atoms with Crippen LogP contribution in [0.3, 0.4) is 0 Å². The molecule has 2 fully saturated rings. The van der Waals surface area contributed by atoms with Crippen LogP contribution in [0.15, 0.2) is 34.9 Å². The van der Waals surface area contributed by atoms with Crippen LogP contribution in [-0.4, -0.2) is 77.9 Å². The summed E-state index contributed by atoms with van der Waals surface area (Å²) in [4.78, 5) is 30.6. The van der Waals surface area contributed by atoms with E-state index in [0.717, 1.165) is 25.2 Å². The lowest BCUT2D eigenvalue weighted by molar-refractivity contribution is -0.137. The Kier molecular flexibility index (Phi) is 6.15. The molecule has 0 saturated carbocycles. The highest BCUT2D eigenvalue weighted by atomic mass is 16.6. The summed E-state index contributed by atoms with van der Waals surface area (Å²) in [5.41, 5.74) is 0.688. The van der Waals surface area contributed by atoms with E-state index in [4.69, 9.17) is 9.15 Å². The second-order valence-corrected chi connectivity index (χ2v) is 7.55. The first-order valence-electron chi connectivity index (χ1n) is 10.5. The molecule has 2 aliphatic rings. The Balaban J connectivity index is 1.34. The number of hydrogen-bond acceptors (Lipinski definition) is 7. The molecule has 9 nitrogen and oxygen atoms in total. The van der Waals surface area contributed by atoms with Crippen molar-refractivity contribution in [2.45, 2.75) is 19.8 Å². The molecule has 0 aromatic carbocycles. The summed E-state index contributed by atoms with van der Waals surface area (Å²) in [6, 6.07) is 7.48. The number of aromatic nitrogens is 2. The zero-order valence-corrected chi connectivity index (χ0v) is 17.2. The van der Waals surface area contributed by atoms with Crippen LogP contribution in [-0.2, 0) is 9.53 Å². The van der Waals surface area contributed by atoms with Crippen molar-refractivity contribution in [2.75, 3.05) is 50.8 Å². The summed E-state index contributed by atoms with van der Waals surface area (Å²) in [6.07, 6.45) is 3.11. The van der Waals surface area contributed by atoms with Crippen molar-refractivity contribution in [3.05, 3.63) is 30.5 Å². The minimum Gasteiger partial charge on any atom is -0.463 e. The second kappa shape index (κ2) is 9.15. The first-order valence-corrected chi connectivity index (χ1v) is 10.5. The Morgan fingerprint density at radius 3 is 2.57 bits per heavy atom. The summed E-state index contributed by atoms with van der Waals surface area (Å²) in [5.74, 6) is 1.54. The van der Waals surface area contributed by atoms with Crippen molar-refractivity contribution >= 4 is 17.8 Å². The molecule has 30 heavy (non-hydrogen) atoms. The molecule has 9 heteroatoms. The van der Waals surface area contributed by atoms with Crippen molar-refractivity contribution in [1.29, 1.82) is 0 Å². The van der Waals surface area contributed by atoms with Crippen LogP contribution in [0, 0.1) is 5.92 Å². The van der Waals surface area contributed by atoms with E-state index in [1.165, 1.54) is 0 Å². The van der Waals surface area contributed by atoms with Gasteiger partial charge in [0.05, 0.1) is 18.8 Å². The molecule has 2 aromatic rings. The SMILES string of the molecule is CCOC(=O)N1CCN(C(=O)[C@@H]2CCCN(c3ccc(-c4ccco4)nn3)C2)CC1. The fraction of sp³-hybridized carbons (Fsp3) is 0.524. The molecule has 0 radical (unpaired) electrons. The molecule has 2 aromatic heterocycles. The van der Waals surface area contributed by atoms with E-state index in [1.54, 1.807) is 18.1 Å². The lowest BCUT2D eigenvalue weighted by atomic mass is 9.96. The van der Waals surface area contributed by atoms with Crippen molar-refractivity contribution in [3.8, 4) is 11.5 Å². The van der Waals surface area contributed by atoms with Crippen LogP contribution in [0.25, 0.3) is 11.5 Å². The van der Waals surface area contributed by atoms with Gasteiger partial charge in [0.1, 0.15) is 5.69 Å². The van der Waals surface area contributed by atoms with Crippen molar-refractivity contribution in [1.82, 2.24) is 20.0 Å². The Morgan fingerprint density at radius 1 is 1.10 bits per heavy atom. The van der Waals surface area contributed by atoms with Gasteiger partial charge in [-0.05, 0) is 44.0 Å². The van der Waals surface area contributed by atoms with Crippen molar-refractivity contribution in [3.63, 3.8) is 0 Å². The van der Waals surface area contributed by atoms with Crippen LogP contribution in [0.4, 0.5) is 10.6 Å². The fourth-order valence-corrected chi connectivity index (χ4v) is 4.02. The van der Waals surface area contributed by atoms with Crippen LogP contribution in [0.1, 0.15) is 19.8 Å². The summed E-state index contributed by atoms with van der Waals surface area (Å²) in [5, 5.41) is 8.61. The van der Waals surface area contributed by atoms with Gasteiger partial charge in [0.25, 0.3) is 0 Å². The molecule has 0 unspecified atom stereocenters. The molecule has 0 bridgehead atoms. The average Bonchev–Trinajstić information content (AvgIpc) is 3.34. The number of ether oxygens (including phenoxy) is 1. The summed E-state index contributed by atoms with van der Waals surface area (Å²) in [6.45, 7) is 5.77. The number of anilines is 1. The fourth-order valence-electron chi connectivity index (χ4n) is 4.02. The number of carbonyl (C=O) groups excluding carboxylic acids is 2. The Bertz CT molecular complexity index is 847. The van der Waals surface area contributed by atoms with Gasteiger partial charge in [0.15, 0.2) is 11.6 Å². The predicted molar refractivity (Wildman–Crippen MR) is 110 cm³/mol. The largest absolute Gasteiger partial charge is 0.463 e. The molecule has 0 spiro atoms. The molecular formula is C21H27N5O4. The normalized spacial score (nSPS) is 19.6. The van der Waals surface area contributed by atoms with Gasteiger partial charge in [-0.25, -0.2) is 4.79 Å². The quantitative estimate of drug-likeness (QED) is 0.759. The zero-order chi connectivity index (χ0) is 20.9. The topological polar surface area (TPSA) is 92.0 Å². The van der Waals surface area contributed by atoms with Gasteiger partial charge < -0.3 is 23.9 Å². The van der Waals surface area contributed by atoms with Crippen LogP contribution < -0.4 is 4.90 Å². The molecule has 4 heterocycles. The first-order chi connectivity index (χ1) is 14.7. The third-order valence-corrected chi connectivity index (χ3v) is 5.64. The summed E-state index contributed by atoms with van der Waals surface area (Å²) < 4.78 is 10.4. The number of hydrogen-bond donors (Lipinski definition) is 0. The highest BCUT2D eigenvalue weighted by Gasteiger charge is 2.32. The van der Waals surface area contributed by atoms with Gasteiger partial charge in [-0.15, -0.1) is 10.2 Å². The third-order valence-electron chi connectivity index (χ3n) is 5.64. The van der Waals surface area contributed by atoms with Crippen molar-refractivity contribution in [2.24, 2.45) is 5.92 Å².